The Morgan fingerprint density at radius 3 is 2.57 bits per heavy atom. The lowest BCUT2D eigenvalue weighted by Crippen LogP contribution is -2.43. The lowest BCUT2D eigenvalue weighted by atomic mass is 9.98. The van der Waals surface area contributed by atoms with Gasteiger partial charge in [0.1, 0.15) is 17.8 Å². The molecule has 3 N–H and O–H groups in total. The summed E-state index contributed by atoms with van der Waals surface area (Å²) in [5, 5.41) is 17.2. The number of carbonyl (C=O) groups is 2. The van der Waals surface area contributed by atoms with Gasteiger partial charge >= 0.3 is 0 Å². The summed E-state index contributed by atoms with van der Waals surface area (Å²) in [6, 6.07) is 10.3. The van der Waals surface area contributed by atoms with E-state index in [1.54, 1.807) is 13.0 Å². The Morgan fingerprint density at radius 2 is 1.80 bits per heavy atom. The molecule has 1 aromatic carbocycles. The number of nitrogens with one attached hydrogen (secondary N) is 2. The first kappa shape index (κ1) is 23.7. The van der Waals surface area contributed by atoms with E-state index in [1.165, 1.54) is 17.5 Å². The van der Waals surface area contributed by atoms with Crippen LogP contribution in [0.5, 0.6) is 0 Å². The summed E-state index contributed by atoms with van der Waals surface area (Å²) in [5.74, 6) is 0.472. The smallest absolute Gasteiger partial charge is 0.270 e. The van der Waals surface area contributed by atoms with Crippen molar-refractivity contribution in [3.63, 3.8) is 0 Å². The molecule has 3 aliphatic rings. The van der Waals surface area contributed by atoms with E-state index in [2.05, 4.69) is 49.8 Å². The first-order valence-electron chi connectivity index (χ1n) is 12.6. The summed E-state index contributed by atoms with van der Waals surface area (Å²) < 4.78 is 0. The minimum atomic E-state index is -0.464. The third kappa shape index (κ3) is 5.46. The van der Waals surface area contributed by atoms with Crippen LogP contribution < -0.4 is 10.6 Å². The Morgan fingerprint density at radius 1 is 1.03 bits per heavy atom. The molecule has 186 valence electrons. The molecule has 0 spiro atoms. The Balaban J connectivity index is 1.15. The molecule has 5 rings (SSSR count). The maximum atomic E-state index is 12.9. The van der Waals surface area contributed by atoms with Crippen molar-refractivity contribution >= 4 is 17.6 Å². The molecule has 2 fully saturated rings. The van der Waals surface area contributed by atoms with Crippen LogP contribution in [0.4, 0.5) is 5.82 Å². The fourth-order valence-electron chi connectivity index (χ4n) is 5.67. The molecule has 9 heteroatoms. The minimum Gasteiger partial charge on any atom is -0.391 e. The molecular formula is C26H34N6O3. The second-order valence-electron chi connectivity index (χ2n) is 9.98. The third-order valence-corrected chi connectivity index (χ3v) is 7.65. The van der Waals surface area contributed by atoms with Crippen LogP contribution in [0.25, 0.3) is 0 Å². The van der Waals surface area contributed by atoms with Gasteiger partial charge in [-0.15, -0.1) is 0 Å². The van der Waals surface area contributed by atoms with Gasteiger partial charge in [0, 0.05) is 57.3 Å². The van der Waals surface area contributed by atoms with E-state index in [0.717, 1.165) is 51.9 Å². The van der Waals surface area contributed by atoms with Gasteiger partial charge in [-0.3, -0.25) is 14.5 Å². The minimum absolute atomic E-state index is 0.0390. The molecule has 3 atom stereocenters. The summed E-state index contributed by atoms with van der Waals surface area (Å²) in [6.45, 7) is 4.80. The largest absolute Gasteiger partial charge is 0.391 e. The third-order valence-electron chi connectivity index (χ3n) is 7.65. The van der Waals surface area contributed by atoms with Crippen molar-refractivity contribution in [2.24, 2.45) is 0 Å². The normalized spacial score (nSPS) is 25.2. The van der Waals surface area contributed by atoms with Gasteiger partial charge in [0.2, 0.25) is 5.91 Å². The quantitative estimate of drug-likeness (QED) is 0.598. The number of hydrogen-bond acceptors (Lipinski definition) is 7. The molecule has 1 aromatic heterocycles. The van der Waals surface area contributed by atoms with E-state index in [0.29, 0.717) is 17.9 Å². The summed E-state index contributed by atoms with van der Waals surface area (Å²) in [6.07, 6.45) is 4.87. The highest BCUT2D eigenvalue weighted by molar-refractivity contribution is 5.93. The summed E-state index contributed by atoms with van der Waals surface area (Å²) in [7, 11) is 0. The second-order valence-corrected chi connectivity index (χ2v) is 9.98. The topological polar surface area (TPSA) is 111 Å². The van der Waals surface area contributed by atoms with E-state index < -0.39 is 6.10 Å². The van der Waals surface area contributed by atoms with Crippen molar-refractivity contribution in [1.82, 2.24) is 25.1 Å². The fourth-order valence-corrected chi connectivity index (χ4v) is 5.67. The summed E-state index contributed by atoms with van der Waals surface area (Å²) >= 11 is 0. The molecule has 2 amide bonds. The predicted octanol–water partition coefficient (Wildman–Crippen LogP) is 1.58. The van der Waals surface area contributed by atoms with E-state index >= 15 is 0 Å². The molecule has 1 aliphatic carbocycles. The Kier molecular flexibility index (Phi) is 6.97. The van der Waals surface area contributed by atoms with E-state index in [1.807, 2.05) is 4.90 Å². The van der Waals surface area contributed by atoms with Gasteiger partial charge in [0.05, 0.1) is 6.10 Å². The van der Waals surface area contributed by atoms with Crippen LogP contribution in [0.2, 0.25) is 0 Å². The fraction of sp³-hybridized carbons (Fsp3) is 0.538. The lowest BCUT2D eigenvalue weighted by Gasteiger charge is -2.35. The number of carbonyl (C=O) groups excluding carboxylic acids is 2. The molecule has 2 aromatic rings. The van der Waals surface area contributed by atoms with Crippen molar-refractivity contribution in [2.75, 3.05) is 25.0 Å². The molecule has 9 nitrogen and oxygen atoms in total. The zero-order valence-corrected chi connectivity index (χ0v) is 20.2. The number of hydrogen-bond donors (Lipinski definition) is 3. The second kappa shape index (κ2) is 10.3. The van der Waals surface area contributed by atoms with Crippen molar-refractivity contribution in [1.29, 1.82) is 0 Å². The van der Waals surface area contributed by atoms with Gasteiger partial charge in [-0.2, -0.15) is 0 Å². The number of aliphatic hydroxyl groups is 1. The van der Waals surface area contributed by atoms with Gasteiger partial charge < -0.3 is 20.6 Å². The molecule has 1 saturated carbocycles. The standard InChI is InChI=1S/C26H34N6O3/c1-17(33)31-10-7-20(8-11-31)29-25-14-22(27-16-28-25)26(35)30-21-12-23(24(34)13-21)32-9-6-18-4-2-3-5-19(18)15-32/h2-5,14,16,20-21,23-24,34H,6-13,15H2,1H3,(H,30,35)(H,27,28,29)/t21-,23+,24+/m1/s1. The number of amides is 2. The van der Waals surface area contributed by atoms with Crippen LogP contribution >= 0.6 is 0 Å². The number of benzene rings is 1. The average molecular weight is 479 g/mol. The number of likely N-dealkylation sites (tertiary alicyclic amines) is 1. The number of anilines is 1. The maximum absolute atomic E-state index is 12.9. The molecule has 0 radical (unpaired) electrons. The van der Waals surface area contributed by atoms with E-state index in [-0.39, 0.29) is 29.9 Å². The van der Waals surface area contributed by atoms with Crippen LogP contribution in [-0.2, 0) is 17.8 Å². The van der Waals surface area contributed by atoms with Gasteiger partial charge in [-0.05, 0) is 43.2 Å². The maximum Gasteiger partial charge on any atom is 0.270 e. The van der Waals surface area contributed by atoms with E-state index in [4.69, 9.17) is 0 Å². The SMILES string of the molecule is CC(=O)N1CCC(Nc2cc(C(=O)N[C@H]3C[C@H](O)[C@@H](N4CCc5ccccc5C4)C3)ncn2)CC1. The van der Waals surface area contributed by atoms with Crippen molar-refractivity contribution in [3.8, 4) is 0 Å². The highest BCUT2D eigenvalue weighted by atomic mass is 16.3. The zero-order valence-electron chi connectivity index (χ0n) is 20.2. The lowest BCUT2D eigenvalue weighted by molar-refractivity contribution is -0.129. The van der Waals surface area contributed by atoms with Crippen molar-refractivity contribution in [3.05, 3.63) is 53.5 Å². The Labute approximate surface area is 205 Å². The van der Waals surface area contributed by atoms with Crippen molar-refractivity contribution in [2.45, 2.75) is 69.8 Å². The van der Waals surface area contributed by atoms with Gasteiger partial charge in [-0.1, -0.05) is 24.3 Å². The first-order valence-corrected chi connectivity index (χ1v) is 12.6. The summed E-state index contributed by atoms with van der Waals surface area (Å²) in [4.78, 5) is 37.1. The molecular weight excluding hydrogens is 444 g/mol. The molecule has 35 heavy (non-hydrogen) atoms. The highest BCUT2D eigenvalue weighted by Gasteiger charge is 2.38. The van der Waals surface area contributed by atoms with Gasteiger partial charge in [0.25, 0.3) is 5.91 Å². The number of rotatable bonds is 5. The van der Waals surface area contributed by atoms with Crippen LogP contribution in [0.3, 0.4) is 0 Å². The highest BCUT2D eigenvalue weighted by Crippen LogP contribution is 2.29. The molecule has 1 saturated heterocycles. The van der Waals surface area contributed by atoms with Crippen molar-refractivity contribution < 1.29 is 14.7 Å². The van der Waals surface area contributed by atoms with E-state index in [9.17, 15) is 14.7 Å². The van der Waals surface area contributed by atoms with Crippen LogP contribution in [0.1, 0.15) is 54.2 Å². The van der Waals surface area contributed by atoms with Crippen LogP contribution in [0.15, 0.2) is 36.7 Å². The average Bonchev–Trinajstić information content (AvgIpc) is 3.24. The molecule has 2 aliphatic heterocycles. The number of fused-ring (bicyclic) bond motifs is 1. The number of aromatic nitrogens is 2. The number of aliphatic hydroxyl groups excluding tert-OH is 1. The van der Waals surface area contributed by atoms with Crippen LogP contribution in [0, 0.1) is 0 Å². The van der Waals surface area contributed by atoms with Gasteiger partial charge in [0.15, 0.2) is 0 Å². The first-order chi connectivity index (χ1) is 17.0. The Bertz CT molecular complexity index is 1070. The summed E-state index contributed by atoms with van der Waals surface area (Å²) in [5.41, 5.74) is 3.03. The molecule has 0 bridgehead atoms. The Hall–Kier alpha value is -3.04. The molecule has 0 unspecified atom stereocenters. The predicted molar refractivity (Wildman–Crippen MR) is 132 cm³/mol. The number of nitrogens with zero attached hydrogens (tertiary/aromatic N) is 4. The van der Waals surface area contributed by atoms with Crippen LogP contribution in [-0.4, -0.2) is 80.6 Å². The zero-order chi connectivity index (χ0) is 24.4. The number of piperidine rings is 1. The molecule has 3 heterocycles. The van der Waals surface area contributed by atoms with Gasteiger partial charge in [-0.25, -0.2) is 9.97 Å². The monoisotopic (exact) mass is 478 g/mol.